The molecule has 0 spiro atoms. The van der Waals surface area contributed by atoms with Gasteiger partial charge in [-0.3, -0.25) is 9.36 Å². The van der Waals surface area contributed by atoms with Crippen LogP contribution in [0, 0.1) is 0 Å². The summed E-state index contributed by atoms with van der Waals surface area (Å²) in [6.07, 6.45) is 67.7. The van der Waals surface area contributed by atoms with Crippen molar-refractivity contribution >= 4 is 13.8 Å². The van der Waals surface area contributed by atoms with Gasteiger partial charge in [-0.05, 0) is 89.9 Å². The van der Waals surface area contributed by atoms with Crippen LogP contribution in [0.1, 0.15) is 135 Å². The van der Waals surface area contributed by atoms with Gasteiger partial charge in [-0.2, -0.15) is 0 Å². The predicted molar refractivity (Wildman–Crippen MR) is 258 cm³/mol. The van der Waals surface area contributed by atoms with Crippen LogP contribution in [-0.2, 0) is 23.1 Å². The minimum atomic E-state index is -4.51. The summed E-state index contributed by atoms with van der Waals surface area (Å²) >= 11 is 0. The number of likely N-dealkylation sites (N-methyl/N-ethyl adjacent to an activating group) is 1. The number of phosphoric ester groups is 1. The molecule has 0 aromatic heterocycles. The molecular weight excluding hydrogens is 782 g/mol. The molecule has 0 aromatic rings. The summed E-state index contributed by atoms with van der Waals surface area (Å²) in [5.74, 6) is -0.405. The number of unbranched alkanes of at least 4 members (excludes halogenated alkanes) is 7. The Morgan fingerprint density at radius 2 is 0.869 bits per heavy atom. The van der Waals surface area contributed by atoms with Crippen LogP contribution in [0.25, 0.3) is 0 Å². The topological polar surface area (TPSA) is 105 Å². The van der Waals surface area contributed by atoms with E-state index in [1.165, 1.54) is 19.3 Å². The first kappa shape index (κ1) is 57.6. The second-order valence-corrected chi connectivity index (χ2v) is 17.3. The third-order valence-electron chi connectivity index (χ3n) is 8.92. The number of quaternary nitrogens is 1. The Morgan fingerprint density at radius 3 is 1.25 bits per heavy atom. The number of allylic oxidation sites excluding steroid dienone is 22. The summed E-state index contributed by atoms with van der Waals surface area (Å²) in [6.45, 7) is 1.80. The van der Waals surface area contributed by atoms with E-state index >= 15 is 0 Å². The number of carbonyl (C=O) groups is 1. The molecule has 0 aliphatic rings. The molecule has 0 fully saturated rings. The molecule has 9 heteroatoms. The van der Waals surface area contributed by atoms with Crippen LogP contribution in [0.5, 0.6) is 0 Å². The van der Waals surface area contributed by atoms with Gasteiger partial charge in [0.1, 0.15) is 25.9 Å². The normalized spacial score (nSPS) is 14.9. The van der Waals surface area contributed by atoms with Gasteiger partial charge in [0.2, 0.25) is 0 Å². The molecule has 0 aromatic carbocycles. The molecular formula is C52H84NO7P. The van der Waals surface area contributed by atoms with Gasteiger partial charge in [0, 0.05) is 6.42 Å². The Morgan fingerprint density at radius 1 is 0.525 bits per heavy atom. The van der Waals surface area contributed by atoms with Crippen molar-refractivity contribution in [3.63, 3.8) is 0 Å². The van der Waals surface area contributed by atoms with Crippen LogP contribution in [0.2, 0.25) is 0 Å². The van der Waals surface area contributed by atoms with Gasteiger partial charge in [0.15, 0.2) is 0 Å². The first-order valence-electron chi connectivity index (χ1n) is 22.9. The van der Waals surface area contributed by atoms with Gasteiger partial charge < -0.3 is 28.3 Å². The number of esters is 1. The molecule has 0 amide bonds. The van der Waals surface area contributed by atoms with Crippen molar-refractivity contribution in [1.29, 1.82) is 0 Å². The third kappa shape index (κ3) is 49.2. The number of carbonyl (C=O) groups excluding carboxylic acids is 1. The number of rotatable bonds is 40. The third-order valence-corrected chi connectivity index (χ3v) is 9.88. The molecule has 2 atom stereocenters. The van der Waals surface area contributed by atoms with Gasteiger partial charge in [-0.25, -0.2) is 0 Å². The van der Waals surface area contributed by atoms with E-state index in [0.717, 1.165) is 103 Å². The Balaban J connectivity index is 3.63. The monoisotopic (exact) mass is 866 g/mol. The molecule has 8 nitrogen and oxygen atoms in total. The highest BCUT2D eigenvalue weighted by atomic mass is 31.2. The highest BCUT2D eigenvalue weighted by Gasteiger charge is 2.16. The van der Waals surface area contributed by atoms with Crippen LogP contribution >= 0.6 is 7.82 Å². The first-order valence-corrected chi connectivity index (χ1v) is 24.4. The summed E-state index contributed by atoms with van der Waals surface area (Å²) in [7, 11) is 1.22. The van der Waals surface area contributed by atoms with Crippen molar-refractivity contribution in [2.75, 3.05) is 47.5 Å². The zero-order chi connectivity index (χ0) is 44.8. The first-order chi connectivity index (χ1) is 29.6. The van der Waals surface area contributed by atoms with Gasteiger partial charge in [0.05, 0.1) is 27.7 Å². The van der Waals surface area contributed by atoms with Crippen LogP contribution in [-0.4, -0.2) is 69.2 Å². The minimum Gasteiger partial charge on any atom is -0.756 e. The largest absolute Gasteiger partial charge is 0.756 e. The van der Waals surface area contributed by atoms with Crippen molar-refractivity contribution in [3.8, 4) is 0 Å². The number of phosphoric acid groups is 1. The fourth-order valence-corrected chi connectivity index (χ4v) is 6.10. The van der Waals surface area contributed by atoms with Crippen LogP contribution in [0.15, 0.2) is 134 Å². The Bertz CT molecular complexity index is 1420. The minimum absolute atomic E-state index is 0.0167. The van der Waals surface area contributed by atoms with Gasteiger partial charge in [-0.1, -0.05) is 173 Å². The van der Waals surface area contributed by atoms with Crippen molar-refractivity contribution in [2.24, 2.45) is 0 Å². The number of aliphatic hydroxyl groups excluding tert-OH is 1. The summed E-state index contributed by atoms with van der Waals surface area (Å²) in [5.41, 5.74) is 0. The zero-order valence-electron chi connectivity index (χ0n) is 38.5. The summed E-state index contributed by atoms with van der Waals surface area (Å²) < 4.78 is 26.8. The Hall–Kier alpha value is -3.36. The summed E-state index contributed by atoms with van der Waals surface area (Å²) in [5, 5.41) is 9.89. The number of aliphatic hydroxyl groups is 1. The average Bonchev–Trinajstić information content (AvgIpc) is 3.22. The molecule has 1 N–H and O–H groups in total. The second-order valence-electron chi connectivity index (χ2n) is 15.9. The number of ether oxygens (including phenoxy) is 1. The van der Waals surface area contributed by atoms with E-state index < -0.39 is 26.5 Å². The Kier molecular flexibility index (Phi) is 40.9. The maximum absolute atomic E-state index is 11.9. The molecule has 0 rings (SSSR count). The van der Waals surface area contributed by atoms with Gasteiger partial charge in [0.25, 0.3) is 7.82 Å². The molecule has 0 aliphatic carbocycles. The molecule has 0 saturated heterocycles. The maximum Gasteiger partial charge on any atom is 0.305 e. The fourth-order valence-electron chi connectivity index (χ4n) is 5.36. The van der Waals surface area contributed by atoms with Crippen LogP contribution in [0.3, 0.4) is 0 Å². The van der Waals surface area contributed by atoms with Crippen molar-refractivity contribution in [1.82, 2.24) is 0 Å². The number of hydrogen-bond donors (Lipinski definition) is 1. The highest BCUT2D eigenvalue weighted by molar-refractivity contribution is 7.45. The lowest BCUT2D eigenvalue weighted by Gasteiger charge is -2.27. The van der Waals surface area contributed by atoms with E-state index in [1.54, 1.807) is 0 Å². The molecule has 2 unspecified atom stereocenters. The van der Waals surface area contributed by atoms with Crippen LogP contribution < -0.4 is 4.89 Å². The van der Waals surface area contributed by atoms with E-state index in [0.29, 0.717) is 11.0 Å². The highest BCUT2D eigenvalue weighted by Crippen LogP contribution is 2.38. The van der Waals surface area contributed by atoms with E-state index in [2.05, 4.69) is 145 Å². The molecule has 0 heterocycles. The zero-order valence-corrected chi connectivity index (χ0v) is 39.4. The second kappa shape index (κ2) is 43.3. The van der Waals surface area contributed by atoms with E-state index in [1.807, 2.05) is 21.1 Å². The van der Waals surface area contributed by atoms with E-state index in [4.69, 9.17) is 9.26 Å². The van der Waals surface area contributed by atoms with Gasteiger partial charge in [-0.15, -0.1) is 0 Å². The molecule has 0 radical (unpaired) electrons. The fraction of sp³-hybridized carbons (Fsp3) is 0.558. The smallest absolute Gasteiger partial charge is 0.305 e. The van der Waals surface area contributed by atoms with E-state index in [-0.39, 0.29) is 19.6 Å². The standard InChI is InChI=1S/C52H84NO7P/c1-5-6-7-8-9-10-11-12-13-14-15-16-17-18-19-20-21-22-23-24-25-26-27-28-29-30-31-32-33-34-35-36-37-38-39-40-41-42-43-44-45-46-52(55)58-49-51(54)50-60-61(56,57)59-48-47-53(2,3)4/h6-7,9-10,12-13,15-16,18-19,21-22,24-25,27-28,30-31,33-34,36-37,51,54H,5,8,11,14,17,20,23,26,29,32,35,38-50H2,1-4H3/b7-6-,10-9-,13-12-,16-15-,19-18-,22-21-,25-24-,28-27-,31-30-,34-33-,37-36-. The lowest BCUT2D eigenvalue weighted by molar-refractivity contribution is -0.870. The molecule has 0 aliphatic heterocycles. The summed E-state index contributed by atoms with van der Waals surface area (Å²) in [4.78, 5) is 23.7. The predicted octanol–water partition coefficient (Wildman–Crippen LogP) is 13.0. The van der Waals surface area contributed by atoms with Crippen molar-refractivity contribution in [2.45, 2.75) is 141 Å². The molecule has 0 saturated carbocycles. The SMILES string of the molecule is CC/C=C\C/C=C\C/C=C\C/C=C\C/C=C\C/C=C\C/C=C\C/C=C\C/C=C\C/C=C\C/C=C\CCCCCCCCCC(=O)OCC(O)COP(=O)([O-])OCC[N+](C)(C)C. The van der Waals surface area contributed by atoms with Crippen molar-refractivity contribution < 1.29 is 37.6 Å². The number of hydrogen-bond acceptors (Lipinski definition) is 7. The quantitative estimate of drug-likeness (QED) is 0.0215. The lowest BCUT2D eigenvalue weighted by atomic mass is 10.1. The molecule has 61 heavy (non-hydrogen) atoms. The lowest BCUT2D eigenvalue weighted by Crippen LogP contribution is -2.37. The Labute approximate surface area is 372 Å². The average molecular weight is 866 g/mol. The number of nitrogens with zero attached hydrogens (tertiary/aromatic N) is 1. The van der Waals surface area contributed by atoms with Gasteiger partial charge >= 0.3 is 5.97 Å². The maximum atomic E-state index is 11.9. The summed E-state index contributed by atoms with van der Waals surface area (Å²) in [6, 6.07) is 0. The van der Waals surface area contributed by atoms with Crippen LogP contribution in [0.4, 0.5) is 0 Å². The molecule has 344 valence electrons. The van der Waals surface area contributed by atoms with E-state index in [9.17, 15) is 19.4 Å². The molecule has 0 bridgehead atoms. The van der Waals surface area contributed by atoms with Crippen molar-refractivity contribution in [3.05, 3.63) is 134 Å².